The molecular weight excluding hydrogens is 406 g/mol. The number of benzene rings is 1. The SMILES string of the molecule is Cc1[nH]ncc1CCCNC(=O)c1cc(S(=O)(=O)N(C)C)ccc1N1CCOCC1. The number of H-pyrrole nitrogens is 1. The molecule has 10 heteroatoms. The van der Waals surface area contributed by atoms with Gasteiger partial charge in [-0.05, 0) is 43.5 Å². The largest absolute Gasteiger partial charge is 0.378 e. The monoisotopic (exact) mass is 435 g/mol. The smallest absolute Gasteiger partial charge is 0.253 e. The average Bonchev–Trinajstić information content (AvgIpc) is 3.15. The lowest BCUT2D eigenvalue weighted by Gasteiger charge is -2.30. The number of amides is 1. The summed E-state index contributed by atoms with van der Waals surface area (Å²) < 4.78 is 31.7. The maximum atomic E-state index is 13.0. The van der Waals surface area contributed by atoms with Gasteiger partial charge >= 0.3 is 0 Å². The number of aromatic nitrogens is 2. The van der Waals surface area contributed by atoms with Crippen LogP contribution in [0.2, 0.25) is 0 Å². The van der Waals surface area contributed by atoms with Gasteiger partial charge in [0.1, 0.15) is 0 Å². The van der Waals surface area contributed by atoms with Crippen molar-refractivity contribution in [3.63, 3.8) is 0 Å². The van der Waals surface area contributed by atoms with Crippen LogP contribution in [-0.4, -0.2) is 75.8 Å². The first kappa shape index (κ1) is 22.3. The van der Waals surface area contributed by atoms with Crippen molar-refractivity contribution in [1.82, 2.24) is 19.8 Å². The fraction of sp³-hybridized carbons (Fsp3) is 0.500. The summed E-state index contributed by atoms with van der Waals surface area (Å²) in [5, 5.41) is 9.84. The Balaban J connectivity index is 1.78. The van der Waals surface area contributed by atoms with E-state index in [1.165, 1.54) is 20.2 Å². The molecule has 1 amide bonds. The minimum Gasteiger partial charge on any atom is -0.378 e. The molecule has 2 N–H and O–H groups in total. The molecule has 1 aromatic heterocycles. The molecule has 1 aromatic carbocycles. The van der Waals surface area contributed by atoms with Gasteiger partial charge in [-0.15, -0.1) is 0 Å². The molecule has 1 fully saturated rings. The van der Waals surface area contributed by atoms with Gasteiger partial charge in [-0.2, -0.15) is 5.10 Å². The highest BCUT2D eigenvalue weighted by atomic mass is 32.2. The van der Waals surface area contributed by atoms with Crippen LogP contribution in [0.5, 0.6) is 0 Å². The van der Waals surface area contributed by atoms with Gasteiger partial charge in [0.05, 0.1) is 29.9 Å². The minimum atomic E-state index is -3.64. The molecule has 9 nitrogen and oxygen atoms in total. The summed E-state index contributed by atoms with van der Waals surface area (Å²) in [7, 11) is -0.690. The van der Waals surface area contributed by atoms with E-state index in [9.17, 15) is 13.2 Å². The lowest BCUT2D eigenvalue weighted by molar-refractivity contribution is 0.0951. The number of hydrogen-bond acceptors (Lipinski definition) is 6. The molecule has 164 valence electrons. The van der Waals surface area contributed by atoms with Gasteiger partial charge in [0.25, 0.3) is 5.91 Å². The predicted octanol–water partition coefficient (Wildman–Crippen LogP) is 1.17. The molecule has 0 spiro atoms. The third-order valence-corrected chi connectivity index (χ3v) is 7.00. The van der Waals surface area contributed by atoms with Gasteiger partial charge in [0, 0.05) is 45.1 Å². The van der Waals surface area contributed by atoms with Crippen LogP contribution in [-0.2, 0) is 21.2 Å². The van der Waals surface area contributed by atoms with Crippen LogP contribution in [0.4, 0.5) is 5.69 Å². The number of nitrogens with one attached hydrogen (secondary N) is 2. The Labute approximate surface area is 177 Å². The number of sulfonamides is 1. The van der Waals surface area contributed by atoms with Crippen molar-refractivity contribution < 1.29 is 17.9 Å². The number of aryl methyl sites for hydroxylation is 2. The van der Waals surface area contributed by atoms with Crippen LogP contribution in [0.15, 0.2) is 29.3 Å². The highest BCUT2D eigenvalue weighted by Gasteiger charge is 2.24. The molecule has 3 rings (SSSR count). The molecular formula is C20H29N5O4S. The quantitative estimate of drug-likeness (QED) is 0.603. The zero-order valence-corrected chi connectivity index (χ0v) is 18.5. The van der Waals surface area contributed by atoms with Crippen molar-refractivity contribution in [2.24, 2.45) is 0 Å². The summed E-state index contributed by atoms with van der Waals surface area (Å²) in [6, 6.07) is 4.74. The third-order valence-electron chi connectivity index (χ3n) is 5.19. The van der Waals surface area contributed by atoms with Crippen molar-refractivity contribution in [2.75, 3.05) is 51.8 Å². The number of nitrogens with zero attached hydrogens (tertiary/aromatic N) is 3. The van der Waals surface area contributed by atoms with E-state index in [-0.39, 0.29) is 10.8 Å². The summed E-state index contributed by atoms with van der Waals surface area (Å²) in [6.45, 7) is 4.90. The van der Waals surface area contributed by atoms with Gasteiger partial charge in [0.2, 0.25) is 10.0 Å². The van der Waals surface area contributed by atoms with E-state index in [4.69, 9.17) is 4.74 Å². The number of aromatic amines is 1. The van der Waals surface area contributed by atoms with E-state index in [0.29, 0.717) is 38.4 Å². The molecule has 0 aliphatic carbocycles. The topological polar surface area (TPSA) is 108 Å². The second-order valence-electron chi connectivity index (χ2n) is 7.45. The second-order valence-corrected chi connectivity index (χ2v) is 9.60. The molecule has 0 bridgehead atoms. The molecule has 0 unspecified atom stereocenters. The number of ether oxygens (including phenoxy) is 1. The molecule has 0 radical (unpaired) electrons. The first-order valence-electron chi connectivity index (χ1n) is 9.97. The van der Waals surface area contributed by atoms with Crippen molar-refractivity contribution in [2.45, 2.75) is 24.7 Å². The lowest BCUT2D eigenvalue weighted by Crippen LogP contribution is -2.38. The lowest BCUT2D eigenvalue weighted by atomic mass is 10.1. The molecule has 1 aliphatic rings. The Morgan fingerprint density at radius 1 is 1.30 bits per heavy atom. The molecule has 0 atom stereocenters. The Morgan fingerprint density at radius 3 is 2.67 bits per heavy atom. The van der Waals surface area contributed by atoms with Crippen molar-refractivity contribution >= 4 is 21.6 Å². The minimum absolute atomic E-state index is 0.101. The van der Waals surface area contributed by atoms with Crippen LogP contribution in [0.3, 0.4) is 0 Å². The highest BCUT2D eigenvalue weighted by Crippen LogP contribution is 2.26. The van der Waals surface area contributed by atoms with Gasteiger partial charge in [-0.3, -0.25) is 9.89 Å². The first-order valence-corrected chi connectivity index (χ1v) is 11.4. The summed E-state index contributed by atoms with van der Waals surface area (Å²) in [5.41, 5.74) is 3.23. The van der Waals surface area contributed by atoms with E-state index in [1.807, 2.05) is 6.92 Å². The molecule has 1 aliphatic heterocycles. The van der Waals surface area contributed by atoms with E-state index in [2.05, 4.69) is 20.4 Å². The van der Waals surface area contributed by atoms with E-state index in [0.717, 1.165) is 34.1 Å². The predicted molar refractivity (Wildman–Crippen MR) is 114 cm³/mol. The zero-order valence-electron chi connectivity index (χ0n) is 17.6. The van der Waals surface area contributed by atoms with Crippen LogP contribution < -0.4 is 10.2 Å². The summed E-state index contributed by atoms with van der Waals surface area (Å²) in [5.74, 6) is -0.281. The molecule has 30 heavy (non-hydrogen) atoms. The van der Waals surface area contributed by atoms with Gasteiger partial charge < -0.3 is 15.0 Å². The van der Waals surface area contributed by atoms with Gasteiger partial charge in [0.15, 0.2) is 0 Å². The number of hydrogen-bond donors (Lipinski definition) is 2. The van der Waals surface area contributed by atoms with Crippen LogP contribution >= 0.6 is 0 Å². The highest BCUT2D eigenvalue weighted by molar-refractivity contribution is 7.89. The molecule has 2 heterocycles. The number of carbonyl (C=O) groups excluding carboxylic acids is 1. The van der Waals surface area contributed by atoms with Crippen LogP contribution in [0, 0.1) is 6.92 Å². The maximum absolute atomic E-state index is 13.0. The maximum Gasteiger partial charge on any atom is 0.253 e. The first-order chi connectivity index (χ1) is 14.3. The van der Waals surface area contributed by atoms with Crippen molar-refractivity contribution in [3.05, 3.63) is 41.2 Å². The van der Waals surface area contributed by atoms with Crippen LogP contribution in [0.25, 0.3) is 0 Å². The van der Waals surface area contributed by atoms with E-state index < -0.39 is 10.0 Å². The second kappa shape index (κ2) is 9.59. The molecule has 0 saturated carbocycles. The van der Waals surface area contributed by atoms with Crippen molar-refractivity contribution in [3.8, 4) is 0 Å². The fourth-order valence-electron chi connectivity index (χ4n) is 3.35. The van der Waals surface area contributed by atoms with E-state index >= 15 is 0 Å². The Bertz CT molecular complexity index is 981. The Morgan fingerprint density at radius 2 is 2.03 bits per heavy atom. The Hall–Kier alpha value is -2.43. The van der Waals surface area contributed by atoms with Gasteiger partial charge in [-0.25, -0.2) is 12.7 Å². The summed E-state index contributed by atoms with van der Waals surface area (Å²) >= 11 is 0. The Kier molecular flexibility index (Phi) is 7.11. The van der Waals surface area contributed by atoms with E-state index in [1.54, 1.807) is 18.3 Å². The summed E-state index contributed by atoms with van der Waals surface area (Å²) in [6.07, 6.45) is 3.35. The fourth-order valence-corrected chi connectivity index (χ4v) is 4.28. The molecule has 2 aromatic rings. The number of anilines is 1. The zero-order chi connectivity index (χ0) is 21.7. The summed E-state index contributed by atoms with van der Waals surface area (Å²) in [4.78, 5) is 15.1. The average molecular weight is 436 g/mol. The normalized spacial score (nSPS) is 14.9. The van der Waals surface area contributed by atoms with Gasteiger partial charge in [-0.1, -0.05) is 0 Å². The number of morpholine rings is 1. The third kappa shape index (κ3) is 5.00. The van der Waals surface area contributed by atoms with Crippen molar-refractivity contribution in [1.29, 1.82) is 0 Å². The molecule has 1 saturated heterocycles. The van der Waals surface area contributed by atoms with Crippen LogP contribution in [0.1, 0.15) is 28.0 Å². The number of carbonyl (C=O) groups is 1. The standard InChI is InChI=1S/C20H29N5O4S/c1-15-16(14-22-23-15)5-4-8-21-20(26)18-13-17(30(27,28)24(2)3)6-7-19(18)25-9-11-29-12-10-25/h6-7,13-14H,4-5,8-12H2,1-3H3,(H,21,26)(H,22,23). The number of rotatable bonds is 8.